The maximum Gasteiger partial charge on any atom is 0.169 e. The normalized spacial score (nSPS) is 19.8. The highest BCUT2D eigenvalue weighted by Crippen LogP contribution is 2.40. The van der Waals surface area contributed by atoms with Crippen molar-refractivity contribution in [3.05, 3.63) is 48.5 Å². The Kier molecular flexibility index (Phi) is 4.22. The summed E-state index contributed by atoms with van der Waals surface area (Å²) in [5.74, 6) is 1.64. The molecule has 28 heavy (non-hydrogen) atoms. The summed E-state index contributed by atoms with van der Waals surface area (Å²) in [5, 5.41) is 4.69. The zero-order valence-corrected chi connectivity index (χ0v) is 16.5. The first-order valence-electron chi connectivity index (χ1n) is 9.90. The zero-order valence-electron chi connectivity index (χ0n) is 16.5. The van der Waals surface area contributed by atoms with Crippen molar-refractivity contribution in [3.63, 3.8) is 0 Å². The van der Waals surface area contributed by atoms with E-state index in [2.05, 4.69) is 56.3 Å². The van der Waals surface area contributed by atoms with Crippen molar-refractivity contribution in [1.29, 1.82) is 0 Å². The lowest BCUT2D eigenvalue weighted by Crippen LogP contribution is -2.45. The second-order valence-electron chi connectivity index (χ2n) is 9.00. The molecule has 5 rings (SSSR count). The highest BCUT2D eigenvalue weighted by atomic mass is 16.5. The van der Waals surface area contributed by atoms with Gasteiger partial charge in [0.05, 0.1) is 39.6 Å². The minimum Gasteiger partial charge on any atom is -0.489 e. The van der Waals surface area contributed by atoms with Crippen molar-refractivity contribution in [1.82, 2.24) is 0 Å². The molecule has 146 valence electrons. The molecule has 3 aromatic rings. The van der Waals surface area contributed by atoms with E-state index in [1.807, 2.05) is 6.07 Å². The second-order valence-corrected chi connectivity index (χ2v) is 9.00. The molecule has 0 unspecified atom stereocenters. The predicted octanol–water partition coefficient (Wildman–Crippen LogP) is 4.82. The molecule has 0 N–H and O–H groups in total. The maximum atomic E-state index is 6.39. The Morgan fingerprint density at radius 2 is 1.36 bits per heavy atom. The molecule has 0 atom stereocenters. The number of benzene rings is 3. The number of rotatable bonds is 6. The molecule has 0 aliphatic carbocycles. The molecule has 0 spiro atoms. The standard InChI is InChI=1S/C24H26O4/c1-23(11-25-12-23)15-27-21-8-7-19-9-17-5-3-4-6-18(17)10-20(19)22(21)28-16-24(2)13-26-14-24/h3-10H,11-16H2,1-2H3. The molecule has 3 aromatic carbocycles. The largest absolute Gasteiger partial charge is 0.489 e. The van der Waals surface area contributed by atoms with Crippen molar-refractivity contribution < 1.29 is 18.9 Å². The van der Waals surface area contributed by atoms with Crippen LogP contribution >= 0.6 is 0 Å². The summed E-state index contributed by atoms with van der Waals surface area (Å²) in [6.07, 6.45) is 0. The minimum absolute atomic E-state index is 0.0735. The fraction of sp³-hybridized carbons (Fsp3) is 0.417. The van der Waals surface area contributed by atoms with Gasteiger partial charge in [-0.2, -0.15) is 0 Å². The van der Waals surface area contributed by atoms with Crippen molar-refractivity contribution in [2.45, 2.75) is 13.8 Å². The van der Waals surface area contributed by atoms with Gasteiger partial charge in [-0.15, -0.1) is 0 Å². The number of hydrogen-bond donors (Lipinski definition) is 0. The van der Waals surface area contributed by atoms with Gasteiger partial charge in [-0.25, -0.2) is 0 Å². The highest BCUT2D eigenvalue weighted by molar-refractivity contribution is 6.01. The molecule has 0 amide bonds. The molecule has 4 heteroatoms. The zero-order chi connectivity index (χ0) is 19.2. The van der Waals surface area contributed by atoms with Gasteiger partial charge in [-0.05, 0) is 34.4 Å². The second kappa shape index (κ2) is 6.64. The molecule has 0 radical (unpaired) electrons. The van der Waals surface area contributed by atoms with Gasteiger partial charge in [-0.1, -0.05) is 44.2 Å². The van der Waals surface area contributed by atoms with E-state index < -0.39 is 0 Å². The van der Waals surface area contributed by atoms with Gasteiger partial charge in [0.25, 0.3) is 0 Å². The number of fused-ring (bicyclic) bond motifs is 2. The van der Waals surface area contributed by atoms with Gasteiger partial charge in [-0.3, -0.25) is 0 Å². The summed E-state index contributed by atoms with van der Waals surface area (Å²) in [4.78, 5) is 0. The smallest absolute Gasteiger partial charge is 0.169 e. The van der Waals surface area contributed by atoms with Crippen LogP contribution in [0.25, 0.3) is 21.5 Å². The molecule has 2 fully saturated rings. The van der Waals surface area contributed by atoms with Crippen LogP contribution in [0, 0.1) is 10.8 Å². The van der Waals surface area contributed by atoms with E-state index in [1.54, 1.807) is 0 Å². The molecule has 2 aliphatic heterocycles. The first-order chi connectivity index (χ1) is 13.5. The van der Waals surface area contributed by atoms with E-state index >= 15 is 0 Å². The lowest BCUT2D eigenvalue weighted by Gasteiger charge is -2.38. The molecule has 0 saturated carbocycles. The third-order valence-corrected chi connectivity index (χ3v) is 5.74. The predicted molar refractivity (Wildman–Crippen MR) is 110 cm³/mol. The number of hydrogen-bond acceptors (Lipinski definition) is 4. The van der Waals surface area contributed by atoms with Crippen LogP contribution in [-0.2, 0) is 9.47 Å². The van der Waals surface area contributed by atoms with Crippen LogP contribution in [0.15, 0.2) is 48.5 Å². The van der Waals surface area contributed by atoms with E-state index in [0.29, 0.717) is 13.2 Å². The van der Waals surface area contributed by atoms with Crippen molar-refractivity contribution in [2.75, 3.05) is 39.6 Å². The van der Waals surface area contributed by atoms with Gasteiger partial charge < -0.3 is 18.9 Å². The summed E-state index contributed by atoms with van der Waals surface area (Å²) in [7, 11) is 0. The molecular weight excluding hydrogens is 352 g/mol. The van der Waals surface area contributed by atoms with E-state index in [-0.39, 0.29) is 10.8 Å². The van der Waals surface area contributed by atoms with Gasteiger partial charge in [0.1, 0.15) is 0 Å². The van der Waals surface area contributed by atoms with Crippen molar-refractivity contribution >= 4 is 21.5 Å². The van der Waals surface area contributed by atoms with E-state index in [9.17, 15) is 0 Å². The van der Waals surface area contributed by atoms with E-state index in [1.165, 1.54) is 10.8 Å². The first-order valence-corrected chi connectivity index (χ1v) is 9.90. The molecule has 4 nitrogen and oxygen atoms in total. The molecule has 2 heterocycles. The average Bonchev–Trinajstić information content (AvgIpc) is 2.66. The monoisotopic (exact) mass is 378 g/mol. The minimum atomic E-state index is 0.0735. The Labute approximate surface area is 165 Å². The van der Waals surface area contributed by atoms with Gasteiger partial charge in [0.2, 0.25) is 0 Å². The van der Waals surface area contributed by atoms with Crippen LogP contribution in [0.3, 0.4) is 0 Å². The fourth-order valence-corrected chi connectivity index (χ4v) is 3.79. The lowest BCUT2D eigenvalue weighted by atomic mass is 9.90. The molecule has 2 aliphatic rings. The lowest BCUT2D eigenvalue weighted by molar-refractivity contribution is -0.123. The molecule has 2 saturated heterocycles. The summed E-state index contributed by atoms with van der Waals surface area (Å²) in [5.41, 5.74) is 0.160. The summed E-state index contributed by atoms with van der Waals surface area (Å²) in [6, 6.07) is 17.0. The molecular formula is C24H26O4. The van der Waals surface area contributed by atoms with Crippen molar-refractivity contribution in [2.24, 2.45) is 10.8 Å². The first kappa shape index (κ1) is 17.8. The van der Waals surface area contributed by atoms with Gasteiger partial charge >= 0.3 is 0 Å². The Morgan fingerprint density at radius 1 is 0.750 bits per heavy atom. The van der Waals surface area contributed by atoms with Crippen LogP contribution in [0.1, 0.15) is 13.8 Å². The molecule has 0 aromatic heterocycles. The summed E-state index contributed by atoms with van der Waals surface area (Å²) < 4.78 is 23.4. The Morgan fingerprint density at radius 3 is 1.96 bits per heavy atom. The van der Waals surface area contributed by atoms with Crippen molar-refractivity contribution in [3.8, 4) is 11.5 Å². The Bertz CT molecular complexity index is 1020. The highest BCUT2D eigenvalue weighted by Gasteiger charge is 2.36. The topological polar surface area (TPSA) is 36.9 Å². The third-order valence-electron chi connectivity index (χ3n) is 5.74. The van der Waals surface area contributed by atoms with Crippen LogP contribution < -0.4 is 9.47 Å². The summed E-state index contributed by atoms with van der Waals surface area (Å²) in [6.45, 7) is 8.62. The third kappa shape index (κ3) is 3.21. The molecule has 0 bridgehead atoms. The Hall–Kier alpha value is -2.30. The van der Waals surface area contributed by atoms with Crippen LogP contribution in [0.2, 0.25) is 0 Å². The SMILES string of the molecule is CC1(COc2ccc3cc4ccccc4cc3c2OCC2(C)COC2)COC1. The van der Waals surface area contributed by atoms with Gasteiger partial charge in [0, 0.05) is 16.2 Å². The summed E-state index contributed by atoms with van der Waals surface area (Å²) >= 11 is 0. The maximum absolute atomic E-state index is 6.39. The quantitative estimate of drug-likeness (QED) is 0.576. The fourth-order valence-electron chi connectivity index (χ4n) is 3.79. The number of ether oxygens (including phenoxy) is 4. The Balaban J connectivity index is 1.53. The van der Waals surface area contributed by atoms with E-state index in [0.717, 1.165) is 48.7 Å². The van der Waals surface area contributed by atoms with Crippen LogP contribution in [0.4, 0.5) is 0 Å². The van der Waals surface area contributed by atoms with E-state index in [4.69, 9.17) is 18.9 Å². The van der Waals surface area contributed by atoms with Gasteiger partial charge in [0.15, 0.2) is 11.5 Å². The van der Waals surface area contributed by atoms with Crippen LogP contribution in [-0.4, -0.2) is 39.6 Å². The van der Waals surface area contributed by atoms with Crippen LogP contribution in [0.5, 0.6) is 11.5 Å². The average molecular weight is 378 g/mol.